The Morgan fingerprint density at radius 1 is 1.15 bits per heavy atom. The fourth-order valence-electron chi connectivity index (χ4n) is 3.04. The quantitative estimate of drug-likeness (QED) is 0.728. The third-order valence-electron chi connectivity index (χ3n) is 4.33. The van der Waals surface area contributed by atoms with Gasteiger partial charge in [-0.1, -0.05) is 13.0 Å². The highest BCUT2D eigenvalue weighted by molar-refractivity contribution is 5.95. The first-order chi connectivity index (χ1) is 12.5. The third-order valence-corrected chi connectivity index (χ3v) is 4.33. The summed E-state index contributed by atoms with van der Waals surface area (Å²) in [5.41, 5.74) is 1.23. The van der Waals surface area contributed by atoms with Crippen LogP contribution in [0.5, 0.6) is 0 Å². The number of nitrogens with zero attached hydrogens (tertiary/aromatic N) is 1. The average molecular weight is 360 g/mol. The lowest BCUT2D eigenvalue weighted by molar-refractivity contribution is -0.134. The molecule has 3 N–H and O–H groups in total. The first-order valence-corrected chi connectivity index (χ1v) is 9.27. The topological polar surface area (TPSA) is 90.5 Å². The van der Waals surface area contributed by atoms with E-state index >= 15 is 0 Å². The summed E-state index contributed by atoms with van der Waals surface area (Å²) in [6.45, 7) is 5.57. The summed E-state index contributed by atoms with van der Waals surface area (Å²) < 4.78 is 0. The van der Waals surface area contributed by atoms with Gasteiger partial charge in [-0.05, 0) is 44.4 Å². The van der Waals surface area contributed by atoms with Crippen molar-refractivity contribution in [1.82, 2.24) is 10.2 Å². The second-order valence-electron chi connectivity index (χ2n) is 6.48. The molecule has 0 saturated carbocycles. The third kappa shape index (κ3) is 5.75. The van der Waals surface area contributed by atoms with Crippen molar-refractivity contribution >= 4 is 29.2 Å². The van der Waals surface area contributed by atoms with Crippen molar-refractivity contribution in [2.24, 2.45) is 5.92 Å². The van der Waals surface area contributed by atoms with Gasteiger partial charge in [-0.25, -0.2) is 4.79 Å². The molecule has 7 nitrogen and oxygen atoms in total. The monoisotopic (exact) mass is 360 g/mol. The van der Waals surface area contributed by atoms with Gasteiger partial charge in [0.15, 0.2) is 0 Å². The maximum atomic E-state index is 12.6. The van der Waals surface area contributed by atoms with Gasteiger partial charge in [-0.3, -0.25) is 9.59 Å². The van der Waals surface area contributed by atoms with Gasteiger partial charge < -0.3 is 20.9 Å². The van der Waals surface area contributed by atoms with Crippen molar-refractivity contribution in [1.29, 1.82) is 0 Å². The smallest absolute Gasteiger partial charge is 0.319 e. The van der Waals surface area contributed by atoms with Crippen LogP contribution >= 0.6 is 0 Å². The van der Waals surface area contributed by atoms with Gasteiger partial charge in [-0.15, -0.1) is 0 Å². The summed E-state index contributed by atoms with van der Waals surface area (Å²) in [6, 6.07) is 6.75. The molecule has 1 heterocycles. The maximum Gasteiger partial charge on any atom is 0.319 e. The molecule has 1 fully saturated rings. The van der Waals surface area contributed by atoms with E-state index in [9.17, 15) is 14.4 Å². The van der Waals surface area contributed by atoms with E-state index in [1.54, 1.807) is 29.2 Å². The fraction of sp³-hybridized carbons (Fsp3) is 0.526. The van der Waals surface area contributed by atoms with Crippen molar-refractivity contribution in [3.63, 3.8) is 0 Å². The van der Waals surface area contributed by atoms with Crippen LogP contribution in [0.3, 0.4) is 0 Å². The Hall–Kier alpha value is -2.57. The first kappa shape index (κ1) is 19.8. The Bertz CT molecular complexity index is 647. The second kappa shape index (κ2) is 9.79. The van der Waals surface area contributed by atoms with Crippen LogP contribution in [-0.2, 0) is 9.59 Å². The molecule has 26 heavy (non-hydrogen) atoms. The van der Waals surface area contributed by atoms with E-state index in [2.05, 4.69) is 16.0 Å². The zero-order valence-electron chi connectivity index (χ0n) is 15.5. The SMILES string of the molecule is CCCC(=O)N1CCCC(C(=O)Nc2cccc(NC(=O)NCC)c2)C1. The highest BCUT2D eigenvalue weighted by atomic mass is 16.2. The van der Waals surface area contributed by atoms with Gasteiger partial charge in [0.05, 0.1) is 5.92 Å². The number of carbonyl (C=O) groups excluding carboxylic acids is 3. The van der Waals surface area contributed by atoms with E-state index in [0.29, 0.717) is 30.9 Å². The summed E-state index contributed by atoms with van der Waals surface area (Å²) in [4.78, 5) is 38.0. The lowest BCUT2D eigenvalue weighted by atomic mass is 9.96. The molecule has 7 heteroatoms. The molecule has 1 aromatic carbocycles. The molecule has 4 amide bonds. The molecule has 1 saturated heterocycles. The Kier molecular flexibility index (Phi) is 7.44. The number of likely N-dealkylation sites (tertiary alicyclic amines) is 1. The van der Waals surface area contributed by atoms with Crippen LogP contribution in [0.4, 0.5) is 16.2 Å². The molecule has 0 spiro atoms. The lowest BCUT2D eigenvalue weighted by Gasteiger charge is -2.32. The van der Waals surface area contributed by atoms with Crippen LogP contribution in [0.15, 0.2) is 24.3 Å². The Morgan fingerprint density at radius 3 is 2.58 bits per heavy atom. The molecule has 142 valence electrons. The largest absolute Gasteiger partial charge is 0.342 e. The number of amides is 4. The zero-order valence-corrected chi connectivity index (χ0v) is 15.5. The highest BCUT2D eigenvalue weighted by Crippen LogP contribution is 2.21. The van der Waals surface area contributed by atoms with E-state index in [4.69, 9.17) is 0 Å². The molecule has 1 atom stereocenters. The molecule has 1 aromatic rings. The summed E-state index contributed by atoms with van der Waals surface area (Å²) in [6.07, 6.45) is 2.96. The van der Waals surface area contributed by atoms with Gasteiger partial charge in [0, 0.05) is 37.4 Å². The number of anilines is 2. The van der Waals surface area contributed by atoms with Crippen molar-refractivity contribution in [2.75, 3.05) is 30.3 Å². The molecular weight excluding hydrogens is 332 g/mol. The minimum absolute atomic E-state index is 0.0887. The molecule has 2 rings (SSSR count). The number of rotatable bonds is 6. The van der Waals surface area contributed by atoms with Crippen LogP contribution in [-0.4, -0.2) is 42.4 Å². The minimum atomic E-state index is -0.284. The van der Waals surface area contributed by atoms with Crippen molar-refractivity contribution < 1.29 is 14.4 Å². The standard InChI is InChI=1S/C19H28N4O3/c1-3-7-17(24)23-11-6-8-14(13-23)18(25)21-15-9-5-10-16(12-15)22-19(26)20-4-2/h5,9-10,12,14H,3-4,6-8,11,13H2,1-2H3,(H,21,25)(H2,20,22,26). The molecule has 0 radical (unpaired) electrons. The Labute approximate surface area is 154 Å². The zero-order chi connectivity index (χ0) is 18.9. The first-order valence-electron chi connectivity index (χ1n) is 9.27. The Balaban J connectivity index is 1.94. The van der Waals surface area contributed by atoms with Crippen LogP contribution in [0.25, 0.3) is 0 Å². The molecular formula is C19H28N4O3. The number of piperidine rings is 1. The number of nitrogens with one attached hydrogen (secondary N) is 3. The van der Waals surface area contributed by atoms with Crippen molar-refractivity contribution in [2.45, 2.75) is 39.5 Å². The van der Waals surface area contributed by atoms with E-state index < -0.39 is 0 Å². The van der Waals surface area contributed by atoms with Crippen LogP contribution in [0.2, 0.25) is 0 Å². The van der Waals surface area contributed by atoms with Gasteiger partial charge in [0.2, 0.25) is 11.8 Å². The van der Waals surface area contributed by atoms with Crippen molar-refractivity contribution in [3.8, 4) is 0 Å². The Morgan fingerprint density at radius 2 is 1.88 bits per heavy atom. The van der Waals surface area contributed by atoms with Gasteiger partial charge in [-0.2, -0.15) is 0 Å². The normalized spacial score (nSPS) is 16.7. The molecule has 1 aliphatic heterocycles. The van der Waals surface area contributed by atoms with Gasteiger partial charge in [0.1, 0.15) is 0 Å². The predicted octanol–water partition coefficient (Wildman–Crippen LogP) is 2.81. The predicted molar refractivity (Wildman–Crippen MR) is 102 cm³/mol. The number of benzene rings is 1. The molecule has 0 aromatic heterocycles. The summed E-state index contributed by atoms with van der Waals surface area (Å²) in [7, 11) is 0. The summed E-state index contributed by atoms with van der Waals surface area (Å²) >= 11 is 0. The van der Waals surface area contributed by atoms with Crippen molar-refractivity contribution in [3.05, 3.63) is 24.3 Å². The summed E-state index contributed by atoms with van der Waals surface area (Å²) in [5, 5.41) is 8.27. The van der Waals surface area contributed by atoms with Crippen LogP contribution < -0.4 is 16.0 Å². The molecule has 1 unspecified atom stereocenters. The maximum absolute atomic E-state index is 12.6. The molecule has 1 aliphatic rings. The van der Waals surface area contributed by atoms with E-state index in [1.165, 1.54) is 0 Å². The van der Waals surface area contributed by atoms with Gasteiger partial charge in [0.25, 0.3) is 0 Å². The van der Waals surface area contributed by atoms with E-state index in [-0.39, 0.29) is 23.8 Å². The van der Waals surface area contributed by atoms with Crippen LogP contribution in [0, 0.1) is 5.92 Å². The lowest BCUT2D eigenvalue weighted by Crippen LogP contribution is -2.43. The summed E-state index contributed by atoms with van der Waals surface area (Å²) in [5.74, 6) is -0.170. The van der Waals surface area contributed by atoms with Gasteiger partial charge >= 0.3 is 6.03 Å². The number of hydrogen-bond donors (Lipinski definition) is 3. The average Bonchev–Trinajstić information content (AvgIpc) is 2.62. The minimum Gasteiger partial charge on any atom is -0.342 e. The van der Waals surface area contributed by atoms with Crippen LogP contribution in [0.1, 0.15) is 39.5 Å². The van der Waals surface area contributed by atoms with E-state index in [1.807, 2.05) is 13.8 Å². The fourth-order valence-corrected chi connectivity index (χ4v) is 3.04. The number of hydrogen-bond acceptors (Lipinski definition) is 3. The number of urea groups is 1. The van der Waals surface area contributed by atoms with E-state index in [0.717, 1.165) is 25.8 Å². The highest BCUT2D eigenvalue weighted by Gasteiger charge is 2.28. The second-order valence-corrected chi connectivity index (χ2v) is 6.48. The molecule has 0 bridgehead atoms. The number of carbonyl (C=O) groups is 3. The molecule has 0 aliphatic carbocycles.